The lowest BCUT2D eigenvalue weighted by molar-refractivity contribution is 0.00578. The fourth-order valence-corrected chi connectivity index (χ4v) is 2.71. The number of rotatable bonds is 2. The summed E-state index contributed by atoms with van der Waals surface area (Å²) in [6, 6.07) is 11.7. The van der Waals surface area contributed by atoms with Gasteiger partial charge in [-0.1, -0.05) is 58.0 Å². The van der Waals surface area contributed by atoms with Gasteiger partial charge < -0.3 is 14.0 Å². The zero-order chi connectivity index (χ0) is 20.8. The van der Waals surface area contributed by atoms with E-state index in [2.05, 4.69) is 0 Å². The highest BCUT2D eigenvalue weighted by molar-refractivity contribution is 6.64. The number of hydrogen-bond donors (Lipinski definition) is 0. The number of benzene rings is 2. The third-order valence-electron chi connectivity index (χ3n) is 4.83. The molecule has 1 saturated heterocycles. The second kappa shape index (κ2) is 9.38. The first-order chi connectivity index (χ1) is 12.7. The molecule has 0 aromatic heterocycles. The molecule has 148 valence electrons. The smallest absolute Gasteiger partial charge is 0.465 e. The van der Waals surface area contributed by atoms with Crippen LogP contribution in [0.1, 0.15) is 65.7 Å². The summed E-state index contributed by atoms with van der Waals surface area (Å²) in [5.74, 6) is -0.388. The fraction of sp³-hybridized carbons (Fsp3) is 0.500. The van der Waals surface area contributed by atoms with Gasteiger partial charge in [0.25, 0.3) is 0 Å². The van der Waals surface area contributed by atoms with Gasteiger partial charge in [0.2, 0.25) is 0 Å². The minimum atomic E-state index is -0.598. The first-order valence-corrected chi connectivity index (χ1v) is 9.72. The highest BCUT2D eigenvalue weighted by Crippen LogP contribution is 2.37. The van der Waals surface area contributed by atoms with Crippen molar-refractivity contribution in [1.82, 2.24) is 0 Å². The van der Waals surface area contributed by atoms with E-state index in [1.165, 1.54) is 7.11 Å². The highest BCUT2D eigenvalue weighted by Gasteiger charge is 2.52. The van der Waals surface area contributed by atoms with Crippen molar-refractivity contribution in [3.05, 3.63) is 42.0 Å². The lowest BCUT2D eigenvalue weighted by atomic mass is 9.75. The van der Waals surface area contributed by atoms with Crippen LogP contribution in [0.4, 0.5) is 0 Å². The number of esters is 1. The summed E-state index contributed by atoms with van der Waals surface area (Å²) < 4.78 is 17.1. The quantitative estimate of drug-likeness (QED) is 0.551. The van der Waals surface area contributed by atoms with Crippen molar-refractivity contribution in [2.75, 3.05) is 7.11 Å². The van der Waals surface area contributed by atoms with E-state index in [-0.39, 0.29) is 5.97 Å². The molecule has 5 heteroatoms. The van der Waals surface area contributed by atoms with Gasteiger partial charge in [-0.3, -0.25) is 0 Å². The van der Waals surface area contributed by atoms with Crippen LogP contribution >= 0.6 is 0 Å². The van der Waals surface area contributed by atoms with Crippen LogP contribution in [0, 0.1) is 0 Å². The fourth-order valence-electron chi connectivity index (χ4n) is 2.71. The van der Waals surface area contributed by atoms with Crippen LogP contribution in [0.25, 0.3) is 10.8 Å². The molecule has 0 bridgehead atoms. The van der Waals surface area contributed by atoms with E-state index >= 15 is 0 Å². The Morgan fingerprint density at radius 2 is 1.33 bits per heavy atom. The van der Waals surface area contributed by atoms with Crippen molar-refractivity contribution in [3.63, 3.8) is 0 Å². The molecule has 0 spiro atoms. The van der Waals surface area contributed by atoms with Crippen LogP contribution in [-0.4, -0.2) is 31.4 Å². The summed E-state index contributed by atoms with van der Waals surface area (Å²) in [6.45, 7) is 16.0. The maximum Gasteiger partial charge on any atom is 0.495 e. The molecule has 1 aliphatic heterocycles. The molecule has 3 rings (SSSR count). The minimum Gasteiger partial charge on any atom is -0.465 e. The van der Waals surface area contributed by atoms with Crippen molar-refractivity contribution in [2.24, 2.45) is 0 Å². The Hall–Kier alpha value is -1.85. The summed E-state index contributed by atoms with van der Waals surface area (Å²) in [5, 5.41) is 2.01. The van der Waals surface area contributed by atoms with Crippen LogP contribution in [0.5, 0.6) is 0 Å². The molecule has 1 aliphatic rings. The molecule has 2 aromatic carbocycles. The first-order valence-electron chi connectivity index (χ1n) is 9.72. The van der Waals surface area contributed by atoms with Gasteiger partial charge >= 0.3 is 13.1 Å². The molecular formula is C22H33BO4. The summed E-state index contributed by atoms with van der Waals surface area (Å²) in [7, 11) is 0.782. The van der Waals surface area contributed by atoms with Gasteiger partial charge in [-0.05, 0) is 50.0 Å². The van der Waals surface area contributed by atoms with Gasteiger partial charge in [0, 0.05) is 0 Å². The first kappa shape index (κ1) is 23.2. The zero-order valence-corrected chi connectivity index (χ0v) is 18.2. The van der Waals surface area contributed by atoms with E-state index in [1.807, 2.05) is 91.8 Å². The van der Waals surface area contributed by atoms with E-state index in [0.29, 0.717) is 11.0 Å². The predicted molar refractivity (Wildman–Crippen MR) is 114 cm³/mol. The summed E-state index contributed by atoms with van der Waals surface area (Å²) in [6.07, 6.45) is 0. The normalized spacial score (nSPS) is 16.7. The van der Waals surface area contributed by atoms with Gasteiger partial charge in [0.1, 0.15) is 0 Å². The molecule has 4 nitrogen and oxygen atoms in total. The molecular weight excluding hydrogens is 339 g/mol. The third kappa shape index (κ3) is 4.71. The number of carbonyl (C=O) groups excluding carboxylic acids is 1. The van der Waals surface area contributed by atoms with Gasteiger partial charge in [0.05, 0.1) is 23.9 Å². The molecule has 0 radical (unpaired) electrons. The highest BCUT2D eigenvalue weighted by atomic mass is 16.7. The Balaban J connectivity index is 0.000000855. The van der Waals surface area contributed by atoms with Crippen molar-refractivity contribution >= 4 is 29.3 Å². The van der Waals surface area contributed by atoms with Crippen LogP contribution < -0.4 is 5.46 Å². The van der Waals surface area contributed by atoms with Crippen LogP contribution in [-0.2, 0) is 14.0 Å². The Labute approximate surface area is 164 Å². The van der Waals surface area contributed by atoms with Gasteiger partial charge in [-0.2, -0.15) is 0 Å². The maximum atomic E-state index is 12.2. The number of fused-ring (bicyclic) bond motifs is 1. The number of hydrogen-bond acceptors (Lipinski definition) is 4. The molecule has 0 amide bonds. The van der Waals surface area contributed by atoms with Crippen LogP contribution in [0.2, 0.25) is 0 Å². The molecule has 0 unspecified atom stereocenters. The Morgan fingerprint density at radius 3 is 1.78 bits per heavy atom. The number of carbonyl (C=O) groups is 1. The van der Waals surface area contributed by atoms with E-state index < -0.39 is 18.3 Å². The second-order valence-corrected chi connectivity index (χ2v) is 6.87. The minimum absolute atomic E-state index is 0.388. The van der Waals surface area contributed by atoms with Gasteiger partial charge in [-0.25, -0.2) is 4.79 Å². The predicted octanol–water partition coefficient (Wildman–Crippen LogP) is 4.98. The third-order valence-corrected chi connectivity index (χ3v) is 4.83. The molecule has 2 aromatic rings. The number of ether oxygens (including phenoxy) is 1. The van der Waals surface area contributed by atoms with E-state index in [9.17, 15) is 4.79 Å². The molecule has 0 saturated carbocycles. The number of methoxy groups -OCH3 is 1. The SMILES string of the molecule is CC.CC.COC(=O)c1cc2ccccc2cc1B1OC(C)(C)C(C)(C)O1. The summed E-state index contributed by atoms with van der Waals surface area (Å²) in [4.78, 5) is 12.2. The molecule has 0 atom stereocenters. The summed E-state index contributed by atoms with van der Waals surface area (Å²) in [5.41, 5.74) is 0.256. The van der Waals surface area contributed by atoms with E-state index in [4.69, 9.17) is 14.0 Å². The maximum absolute atomic E-state index is 12.2. The lowest BCUT2D eigenvalue weighted by Crippen LogP contribution is -2.41. The van der Waals surface area contributed by atoms with Gasteiger partial charge in [-0.15, -0.1) is 0 Å². The molecule has 1 heterocycles. The van der Waals surface area contributed by atoms with Crippen molar-refractivity contribution in [3.8, 4) is 0 Å². The Bertz CT molecular complexity index is 752. The van der Waals surface area contributed by atoms with Crippen LogP contribution in [0.3, 0.4) is 0 Å². The second-order valence-electron chi connectivity index (χ2n) is 6.87. The topological polar surface area (TPSA) is 44.8 Å². The molecule has 0 N–H and O–H groups in total. The van der Waals surface area contributed by atoms with Crippen LogP contribution in [0.15, 0.2) is 36.4 Å². The molecule has 27 heavy (non-hydrogen) atoms. The molecule has 0 aliphatic carbocycles. The van der Waals surface area contributed by atoms with E-state index in [1.54, 1.807) is 0 Å². The van der Waals surface area contributed by atoms with Crippen molar-refractivity contribution < 1.29 is 18.8 Å². The zero-order valence-electron chi connectivity index (χ0n) is 18.2. The standard InChI is InChI=1S/C18H21BO4.2C2H6/c1-17(2)18(3,4)23-19(22-17)15-11-13-9-7-6-8-12(13)10-14(15)16(20)21-5;2*1-2/h6-11H,1-5H3;2*1-2H3. The van der Waals surface area contributed by atoms with Gasteiger partial charge in [0.15, 0.2) is 0 Å². The average Bonchev–Trinajstić information content (AvgIpc) is 2.90. The Morgan fingerprint density at radius 1 is 0.889 bits per heavy atom. The monoisotopic (exact) mass is 372 g/mol. The molecule has 1 fully saturated rings. The van der Waals surface area contributed by atoms with Crippen molar-refractivity contribution in [2.45, 2.75) is 66.6 Å². The van der Waals surface area contributed by atoms with Crippen molar-refractivity contribution in [1.29, 1.82) is 0 Å². The lowest BCUT2D eigenvalue weighted by Gasteiger charge is -2.32. The average molecular weight is 372 g/mol. The van der Waals surface area contributed by atoms with E-state index in [0.717, 1.165) is 10.8 Å². The largest absolute Gasteiger partial charge is 0.495 e. The summed E-state index contributed by atoms with van der Waals surface area (Å²) >= 11 is 0. The Kier molecular flexibility index (Phi) is 8.06.